The number of hydrogen-bond acceptors (Lipinski definition) is 6. The Balaban J connectivity index is 2.04. The molecule has 0 amide bonds. The van der Waals surface area contributed by atoms with Gasteiger partial charge in [0.2, 0.25) is 0 Å². The van der Waals surface area contributed by atoms with Crippen LogP contribution < -0.4 is 5.32 Å². The molecule has 0 aliphatic rings. The van der Waals surface area contributed by atoms with Crippen molar-refractivity contribution in [2.24, 2.45) is 4.99 Å². The average Bonchev–Trinajstić information content (AvgIpc) is 2.61. The topological polar surface area (TPSA) is 102 Å². The highest BCUT2D eigenvalue weighted by molar-refractivity contribution is 6.04. The van der Waals surface area contributed by atoms with Crippen LogP contribution in [0.2, 0.25) is 0 Å². The van der Waals surface area contributed by atoms with Gasteiger partial charge >= 0.3 is 0 Å². The van der Waals surface area contributed by atoms with Gasteiger partial charge in [-0.25, -0.2) is 0 Å². The minimum atomic E-state index is -0.149. The van der Waals surface area contributed by atoms with Crippen molar-refractivity contribution in [3.63, 3.8) is 0 Å². The molecule has 132 valence electrons. The Kier molecular flexibility index (Phi) is 6.00. The predicted molar refractivity (Wildman–Crippen MR) is 97.8 cm³/mol. The fraction of sp³-hybridized carbons (Fsp3) is 0.263. The Morgan fingerprint density at radius 2 is 1.80 bits per heavy atom. The number of para-hydroxylation sites is 2. The molecule has 0 bridgehead atoms. The normalized spacial score (nSPS) is 11.4. The van der Waals surface area contributed by atoms with Crippen molar-refractivity contribution in [2.45, 2.75) is 20.3 Å². The molecule has 0 radical (unpaired) electrons. The molecule has 0 saturated heterocycles. The van der Waals surface area contributed by atoms with Gasteiger partial charge in [0.05, 0.1) is 18.8 Å². The Labute approximate surface area is 146 Å². The Morgan fingerprint density at radius 1 is 1.08 bits per heavy atom. The predicted octanol–water partition coefficient (Wildman–Crippen LogP) is 2.99. The molecule has 2 rings (SSSR count). The van der Waals surface area contributed by atoms with E-state index in [0.717, 1.165) is 0 Å². The van der Waals surface area contributed by atoms with Crippen molar-refractivity contribution in [1.82, 2.24) is 0 Å². The van der Waals surface area contributed by atoms with Gasteiger partial charge in [0.1, 0.15) is 17.2 Å². The van der Waals surface area contributed by atoms with E-state index in [2.05, 4.69) is 10.3 Å². The van der Waals surface area contributed by atoms with E-state index in [9.17, 15) is 20.1 Å². The van der Waals surface area contributed by atoms with Crippen LogP contribution in [0.1, 0.15) is 24.5 Å². The molecule has 2 aromatic rings. The van der Waals surface area contributed by atoms with Crippen molar-refractivity contribution in [2.75, 3.05) is 18.4 Å². The number of benzene rings is 2. The number of rotatable bonds is 7. The molecule has 6 nitrogen and oxygen atoms in total. The number of phenolic OH excluding ortho intramolecular Hbond substituents is 3. The summed E-state index contributed by atoms with van der Waals surface area (Å²) in [7, 11) is 0. The Bertz CT molecular complexity index is 800. The summed E-state index contributed by atoms with van der Waals surface area (Å²) in [5.41, 5.74) is 1.98. The Hall–Kier alpha value is -3.02. The highest BCUT2D eigenvalue weighted by atomic mass is 16.3. The Morgan fingerprint density at radius 3 is 2.48 bits per heavy atom. The first kappa shape index (κ1) is 18.3. The molecule has 0 fully saturated rings. The molecule has 4 N–H and O–H groups in total. The molecular weight excluding hydrogens is 320 g/mol. The molecule has 0 saturated carbocycles. The summed E-state index contributed by atoms with van der Waals surface area (Å²) in [6.07, 6.45) is 0.540. The maximum atomic E-state index is 12.0. The van der Waals surface area contributed by atoms with Crippen LogP contribution >= 0.6 is 0 Å². The van der Waals surface area contributed by atoms with Gasteiger partial charge in [-0.1, -0.05) is 19.1 Å². The molecule has 2 aromatic carbocycles. The maximum Gasteiger partial charge on any atom is 0.173 e. The van der Waals surface area contributed by atoms with Crippen LogP contribution in [-0.4, -0.2) is 39.9 Å². The van der Waals surface area contributed by atoms with Gasteiger partial charge in [-0.05, 0) is 37.6 Å². The SMILES string of the molecule is CCC(=NCC(=O)CNc1ccccc1O)c1ccc(O)c(C)c1O. The highest BCUT2D eigenvalue weighted by Crippen LogP contribution is 2.30. The minimum Gasteiger partial charge on any atom is -0.508 e. The number of Topliss-reactive ketones (excluding diaryl/α,β-unsaturated/α-hetero) is 1. The molecule has 0 heterocycles. The number of aromatic hydroxyl groups is 3. The summed E-state index contributed by atoms with van der Waals surface area (Å²) in [6.45, 7) is 3.50. The maximum absolute atomic E-state index is 12.0. The summed E-state index contributed by atoms with van der Waals surface area (Å²) in [5, 5.41) is 32.3. The van der Waals surface area contributed by atoms with Gasteiger partial charge in [0, 0.05) is 16.8 Å². The number of phenols is 3. The van der Waals surface area contributed by atoms with E-state index in [-0.39, 0.29) is 36.1 Å². The van der Waals surface area contributed by atoms with Crippen LogP contribution in [-0.2, 0) is 4.79 Å². The lowest BCUT2D eigenvalue weighted by Crippen LogP contribution is -2.17. The number of ketones is 1. The van der Waals surface area contributed by atoms with Crippen LogP contribution in [0.3, 0.4) is 0 Å². The minimum absolute atomic E-state index is 0.0136. The van der Waals surface area contributed by atoms with E-state index < -0.39 is 0 Å². The molecule has 0 unspecified atom stereocenters. The van der Waals surface area contributed by atoms with Gasteiger partial charge in [-0.2, -0.15) is 0 Å². The van der Waals surface area contributed by atoms with Crippen LogP contribution in [0.4, 0.5) is 5.69 Å². The van der Waals surface area contributed by atoms with E-state index in [0.29, 0.717) is 28.9 Å². The smallest absolute Gasteiger partial charge is 0.173 e. The number of nitrogens with one attached hydrogen (secondary N) is 1. The zero-order valence-electron chi connectivity index (χ0n) is 14.3. The third-order valence-electron chi connectivity index (χ3n) is 3.87. The number of nitrogens with zero attached hydrogens (tertiary/aromatic N) is 1. The third-order valence-corrected chi connectivity index (χ3v) is 3.87. The quantitative estimate of drug-likeness (QED) is 0.458. The lowest BCUT2D eigenvalue weighted by atomic mass is 10.0. The zero-order valence-corrected chi connectivity index (χ0v) is 14.3. The van der Waals surface area contributed by atoms with Crippen LogP contribution in [0, 0.1) is 6.92 Å². The average molecular weight is 342 g/mol. The second-order valence-corrected chi connectivity index (χ2v) is 5.63. The van der Waals surface area contributed by atoms with Crippen molar-refractivity contribution >= 4 is 17.2 Å². The number of hydrogen-bond donors (Lipinski definition) is 4. The lowest BCUT2D eigenvalue weighted by molar-refractivity contribution is -0.116. The largest absolute Gasteiger partial charge is 0.508 e. The second kappa shape index (κ2) is 8.19. The number of carbonyl (C=O) groups excluding carboxylic acids is 1. The third kappa shape index (κ3) is 4.50. The van der Waals surface area contributed by atoms with Gasteiger partial charge in [-0.3, -0.25) is 9.79 Å². The zero-order chi connectivity index (χ0) is 18.4. The first-order chi connectivity index (χ1) is 11.9. The lowest BCUT2D eigenvalue weighted by Gasteiger charge is -2.11. The van der Waals surface area contributed by atoms with Gasteiger partial charge in [0.25, 0.3) is 0 Å². The fourth-order valence-corrected chi connectivity index (χ4v) is 2.37. The van der Waals surface area contributed by atoms with Gasteiger partial charge in [0.15, 0.2) is 5.78 Å². The van der Waals surface area contributed by atoms with E-state index in [1.165, 1.54) is 12.1 Å². The molecule has 0 aliphatic carbocycles. The number of anilines is 1. The van der Waals surface area contributed by atoms with Crippen molar-refractivity contribution in [1.29, 1.82) is 0 Å². The summed E-state index contributed by atoms with van der Waals surface area (Å²) < 4.78 is 0. The second-order valence-electron chi connectivity index (χ2n) is 5.63. The monoisotopic (exact) mass is 342 g/mol. The number of aliphatic imine (C=N–C) groups is 1. The van der Waals surface area contributed by atoms with Crippen molar-refractivity contribution < 1.29 is 20.1 Å². The summed E-state index contributed by atoms with van der Waals surface area (Å²) >= 11 is 0. The van der Waals surface area contributed by atoms with Crippen LogP contribution in [0.5, 0.6) is 17.2 Å². The summed E-state index contributed by atoms with van der Waals surface area (Å²) in [6, 6.07) is 9.76. The summed E-state index contributed by atoms with van der Waals surface area (Å²) in [4.78, 5) is 16.3. The van der Waals surface area contributed by atoms with E-state index in [1.807, 2.05) is 6.92 Å². The first-order valence-electron chi connectivity index (χ1n) is 8.02. The molecule has 0 aliphatic heterocycles. The molecule has 25 heavy (non-hydrogen) atoms. The van der Waals surface area contributed by atoms with E-state index >= 15 is 0 Å². The van der Waals surface area contributed by atoms with Crippen LogP contribution in [0.25, 0.3) is 0 Å². The highest BCUT2D eigenvalue weighted by Gasteiger charge is 2.13. The fourth-order valence-electron chi connectivity index (χ4n) is 2.37. The summed E-state index contributed by atoms with van der Waals surface area (Å²) in [5.74, 6) is -0.0817. The standard InChI is InChI=1S/C19H22N2O4/c1-3-15(14-8-9-17(23)12(2)19(14)25)20-10-13(22)11-21-16-6-4-5-7-18(16)24/h4-9,21,23-25H,3,10-11H2,1-2H3. The van der Waals surface area contributed by atoms with Gasteiger partial charge < -0.3 is 20.6 Å². The van der Waals surface area contributed by atoms with E-state index in [4.69, 9.17) is 0 Å². The molecule has 0 aromatic heterocycles. The number of carbonyl (C=O) groups is 1. The van der Waals surface area contributed by atoms with Crippen molar-refractivity contribution in [3.8, 4) is 17.2 Å². The molecule has 6 heteroatoms. The van der Waals surface area contributed by atoms with Gasteiger partial charge in [-0.15, -0.1) is 0 Å². The molecule has 0 spiro atoms. The van der Waals surface area contributed by atoms with E-state index in [1.54, 1.807) is 31.2 Å². The van der Waals surface area contributed by atoms with Crippen molar-refractivity contribution in [3.05, 3.63) is 47.5 Å². The molecule has 0 atom stereocenters. The van der Waals surface area contributed by atoms with Crippen LogP contribution in [0.15, 0.2) is 41.4 Å². The first-order valence-corrected chi connectivity index (χ1v) is 8.02. The molecular formula is C19H22N2O4.